The number of hydrogen-bond acceptors (Lipinski definition) is 3. The number of rotatable bonds is 2. The lowest BCUT2D eigenvalue weighted by atomic mass is 10.0. The van der Waals surface area contributed by atoms with Crippen LogP contribution in [0.2, 0.25) is 0 Å². The van der Waals surface area contributed by atoms with E-state index in [-0.39, 0.29) is 12.2 Å². The van der Waals surface area contributed by atoms with Crippen LogP contribution in [0, 0.1) is 6.92 Å². The predicted molar refractivity (Wildman–Crippen MR) is 64.1 cm³/mol. The van der Waals surface area contributed by atoms with Gasteiger partial charge in [0, 0.05) is 18.3 Å². The molecule has 2 unspecified atom stereocenters. The van der Waals surface area contributed by atoms with Crippen molar-refractivity contribution in [3.63, 3.8) is 0 Å². The molecule has 0 aromatic heterocycles. The number of benzene rings is 1. The molecule has 2 atom stereocenters. The maximum atomic E-state index is 5.86. The third-order valence-electron chi connectivity index (χ3n) is 2.72. The molecular formula is C13H18NO2. The molecule has 1 aromatic rings. The summed E-state index contributed by atoms with van der Waals surface area (Å²) in [5.41, 5.74) is 2.15. The monoisotopic (exact) mass is 220 g/mol. The van der Waals surface area contributed by atoms with Crippen LogP contribution in [0.25, 0.3) is 0 Å². The number of para-hydroxylation sites is 1. The lowest BCUT2D eigenvalue weighted by molar-refractivity contribution is -0.143. The standard InChI is InChI=1S/C13H18NO2/c1-9-12(16-13(2,3)15-9)10-7-5-6-8-11(10)14-4/h5-9,12,14H,1H2,2-4H3. The van der Waals surface area contributed by atoms with Crippen molar-refractivity contribution < 1.29 is 9.47 Å². The molecule has 87 valence electrons. The SMILES string of the molecule is [CH2]C1OC(C)(C)OC1c1ccccc1NC. The van der Waals surface area contributed by atoms with Gasteiger partial charge in [-0.1, -0.05) is 18.2 Å². The molecule has 0 aliphatic carbocycles. The lowest BCUT2D eigenvalue weighted by Crippen LogP contribution is -2.20. The van der Waals surface area contributed by atoms with Gasteiger partial charge in [-0.3, -0.25) is 0 Å². The fraction of sp³-hybridized carbons (Fsp3) is 0.462. The van der Waals surface area contributed by atoms with Gasteiger partial charge in [-0.05, 0) is 26.8 Å². The highest BCUT2D eigenvalue weighted by Gasteiger charge is 2.40. The summed E-state index contributed by atoms with van der Waals surface area (Å²) >= 11 is 0. The van der Waals surface area contributed by atoms with Gasteiger partial charge < -0.3 is 14.8 Å². The normalized spacial score (nSPS) is 28.0. The van der Waals surface area contributed by atoms with Crippen molar-refractivity contribution in [2.24, 2.45) is 0 Å². The van der Waals surface area contributed by atoms with Gasteiger partial charge in [0.15, 0.2) is 5.79 Å². The minimum Gasteiger partial charge on any atom is -0.388 e. The highest BCUT2D eigenvalue weighted by molar-refractivity contribution is 5.52. The van der Waals surface area contributed by atoms with E-state index >= 15 is 0 Å². The summed E-state index contributed by atoms with van der Waals surface area (Å²) in [6.45, 7) is 7.81. The maximum Gasteiger partial charge on any atom is 0.164 e. The number of anilines is 1. The highest BCUT2D eigenvalue weighted by Crippen LogP contribution is 2.40. The van der Waals surface area contributed by atoms with Gasteiger partial charge in [0.2, 0.25) is 0 Å². The molecule has 0 saturated carbocycles. The second-order valence-corrected chi connectivity index (χ2v) is 4.43. The van der Waals surface area contributed by atoms with Crippen molar-refractivity contribution in [1.82, 2.24) is 0 Å². The zero-order chi connectivity index (χ0) is 11.8. The van der Waals surface area contributed by atoms with Crippen LogP contribution in [0.15, 0.2) is 24.3 Å². The molecule has 1 N–H and O–H groups in total. The summed E-state index contributed by atoms with van der Waals surface area (Å²) in [6.07, 6.45) is -0.289. The summed E-state index contributed by atoms with van der Waals surface area (Å²) in [4.78, 5) is 0. The van der Waals surface area contributed by atoms with Crippen LogP contribution >= 0.6 is 0 Å². The van der Waals surface area contributed by atoms with E-state index < -0.39 is 5.79 Å². The fourth-order valence-corrected chi connectivity index (χ4v) is 2.07. The van der Waals surface area contributed by atoms with Gasteiger partial charge >= 0.3 is 0 Å². The molecule has 1 heterocycles. The topological polar surface area (TPSA) is 30.5 Å². The third kappa shape index (κ3) is 2.06. The quantitative estimate of drug-likeness (QED) is 0.831. The van der Waals surface area contributed by atoms with Gasteiger partial charge in [0.1, 0.15) is 6.10 Å². The Morgan fingerprint density at radius 2 is 1.94 bits per heavy atom. The van der Waals surface area contributed by atoms with Crippen LogP contribution in [0.1, 0.15) is 25.5 Å². The van der Waals surface area contributed by atoms with Gasteiger partial charge in [-0.15, -0.1) is 0 Å². The Balaban J connectivity index is 2.31. The predicted octanol–water partition coefficient (Wildman–Crippen LogP) is 2.75. The third-order valence-corrected chi connectivity index (χ3v) is 2.72. The lowest BCUT2D eigenvalue weighted by Gasteiger charge is -2.19. The molecule has 0 spiro atoms. The van der Waals surface area contributed by atoms with E-state index in [0.29, 0.717) is 0 Å². The molecule has 2 rings (SSSR count). The van der Waals surface area contributed by atoms with E-state index in [1.807, 2.05) is 45.2 Å². The first-order chi connectivity index (χ1) is 7.53. The molecular weight excluding hydrogens is 202 g/mol. The summed E-state index contributed by atoms with van der Waals surface area (Å²) < 4.78 is 11.5. The van der Waals surface area contributed by atoms with Gasteiger partial charge in [0.25, 0.3) is 0 Å². The molecule has 1 aliphatic rings. The summed E-state index contributed by atoms with van der Waals surface area (Å²) in [5.74, 6) is -0.558. The molecule has 1 saturated heterocycles. The van der Waals surface area contributed by atoms with Crippen LogP contribution < -0.4 is 5.32 Å². The Labute approximate surface area is 96.8 Å². The second kappa shape index (κ2) is 4.07. The molecule has 1 aliphatic heterocycles. The Morgan fingerprint density at radius 3 is 2.50 bits per heavy atom. The van der Waals surface area contributed by atoms with Crippen molar-refractivity contribution in [1.29, 1.82) is 0 Å². The van der Waals surface area contributed by atoms with Crippen molar-refractivity contribution in [2.75, 3.05) is 12.4 Å². The minimum absolute atomic E-state index is 0.112. The minimum atomic E-state index is -0.558. The first-order valence-electron chi connectivity index (χ1n) is 5.49. The van der Waals surface area contributed by atoms with E-state index in [0.717, 1.165) is 11.3 Å². The first-order valence-corrected chi connectivity index (χ1v) is 5.49. The second-order valence-electron chi connectivity index (χ2n) is 4.43. The van der Waals surface area contributed by atoms with Crippen LogP contribution in [0.4, 0.5) is 5.69 Å². The molecule has 1 fully saturated rings. The highest BCUT2D eigenvalue weighted by atomic mass is 16.7. The zero-order valence-electron chi connectivity index (χ0n) is 9.99. The molecule has 0 amide bonds. The summed E-state index contributed by atoms with van der Waals surface area (Å²) in [7, 11) is 1.90. The van der Waals surface area contributed by atoms with Crippen molar-refractivity contribution >= 4 is 5.69 Å². The smallest absolute Gasteiger partial charge is 0.164 e. The Morgan fingerprint density at radius 1 is 1.25 bits per heavy atom. The Kier molecular flexibility index (Phi) is 2.91. The average Bonchev–Trinajstić information content (AvgIpc) is 2.52. The van der Waals surface area contributed by atoms with Crippen LogP contribution in [-0.4, -0.2) is 18.9 Å². The number of nitrogens with one attached hydrogen (secondary N) is 1. The van der Waals surface area contributed by atoms with Crippen molar-refractivity contribution in [2.45, 2.75) is 31.8 Å². The maximum absolute atomic E-state index is 5.86. The van der Waals surface area contributed by atoms with Crippen LogP contribution in [-0.2, 0) is 9.47 Å². The van der Waals surface area contributed by atoms with E-state index in [4.69, 9.17) is 9.47 Å². The Bertz CT molecular complexity index is 376. The van der Waals surface area contributed by atoms with Crippen LogP contribution in [0.3, 0.4) is 0 Å². The average molecular weight is 220 g/mol. The number of hydrogen-bond donors (Lipinski definition) is 1. The van der Waals surface area contributed by atoms with E-state index in [1.165, 1.54) is 0 Å². The van der Waals surface area contributed by atoms with Crippen molar-refractivity contribution in [3.8, 4) is 0 Å². The van der Waals surface area contributed by atoms with E-state index in [9.17, 15) is 0 Å². The summed E-state index contributed by atoms with van der Waals surface area (Å²) in [6, 6.07) is 8.06. The number of ether oxygens (including phenoxy) is 2. The molecule has 3 nitrogen and oxygen atoms in total. The van der Waals surface area contributed by atoms with Crippen LogP contribution in [0.5, 0.6) is 0 Å². The van der Waals surface area contributed by atoms with E-state index in [1.54, 1.807) is 0 Å². The molecule has 1 radical (unpaired) electrons. The van der Waals surface area contributed by atoms with Crippen molar-refractivity contribution in [3.05, 3.63) is 36.8 Å². The zero-order valence-corrected chi connectivity index (χ0v) is 9.99. The molecule has 0 bridgehead atoms. The fourth-order valence-electron chi connectivity index (χ4n) is 2.07. The Hall–Kier alpha value is -1.06. The largest absolute Gasteiger partial charge is 0.388 e. The molecule has 1 aromatic carbocycles. The van der Waals surface area contributed by atoms with Gasteiger partial charge in [-0.2, -0.15) is 0 Å². The van der Waals surface area contributed by atoms with E-state index in [2.05, 4.69) is 12.2 Å². The van der Waals surface area contributed by atoms with Gasteiger partial charge in [0.05, 0.1) is 6.10 Å². The first kappa shape index (κ1) is 11.4. The molecule has 16 heavy (non-hydrogen) atoms. The van der Waals surface area contributed by atoms with Gasteiger partial charge in [-0.25, -0.2) is 0 Å². The molecule has 3 heteroatoms. The summed E-state index contributed by atoms with van der Waals surface area (Å²) in [5, 5.41) is 3.16.